The van der Waals surface area contributed by atoms with E-state index in [4.69, 9.17) is 0 Å². The van der Waals surface area contributed by atoms with Crippen LogP contribution in [0.1, 0.15) is 5.56 Å². The first-order valence-corrected chi connectivity index (χ1v) is 8.65. The van der Waals surface area contributed by atoms with Crippen LogP contribution in [0.3, 0.4) is 0 Å². The molecule has 0 radical (unpaired) electrons. The van der Waals surface area contributed by atoms with Crippen molar-refractivity contribution in [3.63, 3.8) is 0 Å². The minimum atomic E-state index is -0.566. The fourth-order valence-electron chi connectivity index (χ4n) is 3.52. The summed E-state index contributed by atoms with van der Waals surface area (Å²) < 4.78 is 27.9. The molecule has 1 fully saturated rings. The summed E-state index contributed by atoms with van der Waals surface area (Å²) >= 11 is 0. The molecule has 0 spiro atoms. The standard InChI is InChI=1S/C20H19F2N3O/c21-16-5-3-6-17(22)20(16)25-10-8-24(9-11-25)19(26)12-14-13-23-18-7-2-1-4-15(14)18/h1-7,13,23H,8-12H2. The third-order valence-electron chi connectivity index (χ3n) is 4.90. The fraction of sp³-hybridized carbons (Fsp3) is 0.250. The molecule has 26 heavy (non-hydrogen) atoms. The molecule has 0 bridgehead atoms. The molecular formula is C20H19F2N3O. The Morgan fingerprint density at radius 2 is 1.65 bits per heavy atom. The van der Waals surface area contributed by atoms with Crippen molar-refractivity contribution >= 4 is 22.5 Å². The first kappa shape index (κ1) is 16.6. The molecule has 1 aliphatic rings. The maximum atomic E-state index is 13.9. The number of carbonyl (C=O) groups is 1. The summed E-state index contributed by atoms with van der Waals surface area (Å²) in [5, 5.41) is 1.05. The van der Waals surface area contributed by atoms with Crippen molar-refractivity contribution in [3.05, 3.63) is 65.9 Å². The Hall–Kier alpha value is -2.89. The Kier molecular flexibility index (Phi) is 4.32. The molecular weight excluding hydrogens is 336 g/mol. The van der Waals surface area contributed by atoms with E-state index >= 15 is 0 Å². The summed E-state index contributed by atoms with van der Waals surface area (Å²) in [5.41, 5.74) is 1.97. The van der Waals surface area contributed by atoms with E-state index in [1.54, 1.807) is 9.80 Å². The summed E-state index contributed by atoms with van der Waals surface area (Å²) in [6.07, 6.45) is 2.19. The SMILES string of the molecule is O=C(Cc1c[nH]c2ccccc12)N1CCN(c2c(F)cccc2F)CC1. The summed E-state index contributed by atoms with van der Waals surface area (Å²) in [6.45, 7) is 1.74. The number of aromatic nitrogens is 1. The van der Waals surface area contributed by atoms with Crippen LogP contribution in [0.25, 0.3) is 10.9 Å². The number of benzene rings is 2. The zero-order valence-electron chi connectivity index (χ0n) is 14.2. The first-order chi connectivity index (χ1) is 12.6. The number of rotatable bonds is 3. The predicted octanol–water partition coefficient (Wildman–Crippen LogP) is 3.34. The Bertz CT molecular complexity index is 925. The lowest BCUT2D eigenvalue weighted by molar-refractivity contribution is -0.130. The largest absolute Gasteiger partial charge is 0.363 e. The molecule has 2 heterocycles. The molecule has 0 atom stereocenters. The van der Waals surface area contributed by atoms with Crippen molar-refractivity contribution in [1.29, 1.82) is 0 Å². The van der Waals surface area contributed by atoms with Gasteiger partial charge in [-0.25, -0.2) is 8.78 Å². The third kappa shape index (κ3) is 3.03. The van der Waals surface area contributed by atoms with Crippen LogP contribution in [0.4, 0.5) is 14.5 Å². The van der Waals surface area contributed by atoms with Crippen LogP contribution < -0.4 is 4.90 Å². The topological polar surface area (TPSA) is 39.3 Å². The van der Waals surface area contributed by atoms with Crippen LogP contribution in [0.15, 0.2) is 48.7 Å². The van der Waals surface area contributed by atoms with Crippen molar-refractivity contribution in [2.45, 2.75) is 6.42 Å². The average Bonchev–Trinajstić information content (AvgIpc) is 3.05. The number of halogens is 2. The number of para-hydroxylation sites is 2. The van der Waals surface area contributed by atoms with Crippen molar-refractivity contribution in [3.8, 4) is 0 Å². The van der Waals surface area contributed by atoms with Crippen molar-refractivity contribution in [2.75, 3.05) is 31.1 Å². The van der Waals surface area contributed by atoms with Gasteiger partial charge in [0.1, 0.15) is 17.3 Å². The van der Waals surface area contributed by atoms with Gasteiger partial charge in [0, 0.05) is 43.3 Å². The number of nitrogens with one attached hydrogen (secondary N) is 1. The van der Waals surface area contributed by atoms with Crippen molar-refractivity contribution < 1.29 is 13.6 Å². The average molecular weight is 355 g/mol. The van der Waals surface area contributed by atoms with Gasteiger partial charge in [0.2, 0.25) is 5.91 Å². The van der Waals surface area contributed by atoms with Gasteiger partial charge in [0.05, 0.1) is 6.42 Å². The van der Waals surface area contributed by atoms with E-state index in [1.807, 2.05) is 30.5 Å². The smallest absolute Gasteiger partial charge is 0.227 e. The molecule has 4 nitrogen and oxygen atoms in total. The Morgan fingerprint density at radius 3 is 2.38 bits per heavy atom. The highest BCUT2D eigenvalue weighted by Gasteiger charge is 2.25. The molecule has 0 aliphatic carbocycles. The van der Waals surface area contributed by atoms with Crippen LogP contribution in [0.2, 0.25) is 0 Å². The van der Waals surface area contributed by atoms with E-state index in [0.29, 0.717) is 32.6 Å². The predicted molar refractivity (Wildman–Crippen MR) is 97.2 cm³/mol. The summed E-state index contributed by atoms with van der Waals surface area (Å²) in [4.78, 5) is 19.2. The van der Waals surface area contributed by atoms with Gasteiger partial charge in [0.15, 0.2) is 0 Å². The van der Waals surface area contributed by atoms with Crippen molar-refractivity contribution in [1.82, 2.24) is 9.88 Å². The second-order valence-electron chi connectivity index (χ2n) is 6.47. The number of carbonyl (C=O) groups excluding carboxylic acids is 1. The zero-order chi connectivity index (χ0) is 18.1. The fourth-order valence-corrected chi connectivity index (χ4v) is 3.52. The quantitative estimate of drug-likeness (QED) is 0.783. The molecule has 0 saturated carbocycles. The Labute approximate surface area is 150 Å². The van der Waals surface area contributed by atoms with Gasteiger partial charge in [-0.2, -0.15) is 0 Å². The normalized spacial score (nSPS) is 14.8. The van der Waals surface area contributed by atoms with Crippen LogP contribution in [0, 0.1) is 11.6 Å². The highest BCUT2D eigenvalue weighted by molar-refractivity contribution is 5.89. The highest BCUT2D eigenvalue weighted by atomic mass is 19.1. The number of nitrogens with zero attached hydrogens (tertiary/aromatic N) is 2. The zero-order valence-corrected chi connectivity index (χ0v) is 14.2. The molecule has 1 aromatic heterocycles. The van der Waals surface area contributed by atoms with Crippen LogP contribution >= 0.6 is 0 Å². The lowest BCUT2D eigenvalue weighted by Crippen LogP contribution is -2.49. The van der Waals surface area contributed by atoms with E-state index in [-0.39, 0.29) is 11.6 Å². The summed E-state index contributed by atoms with van der Waals surface area (Å²) in [7, 11) is 0. The molecule has 2 aromatic carbocycles. The number of hydrogen-bond donors (Lipinski definition) is 1. The van der Waals surface area contributed by atoms with Gasteiger partial charge in [-0.1, -0.05) is 24.3 Å². The maximum Gasteiger partial charge on any atom is 0.227 e. The molecule has 0 unspecified atom stereocenters. The molecule has 1 saturated heterocycles. The third-order valence-corrected chi connectivity index (χ3v) is 4.90. The van der Waals surface area contributed by atoms with Crippen molar-refractivity contribution in [2.24, 2.45) is 0 Å². The summed E-state index contributed by atoms with van der Waals surface area (Å²) in [6, 6.07) is 11.7. The number of piperazine rings is 1. The molecule has 1 N–H and O–H groups in total. The number of anilines is 1. The van der Waals surface area contributed by atoms with E-state index in [0.717, 1.165) is 16.5 Å². The minimum absolute atomic E-state index is 0.00349. The second kappa shape index (κ2) is 6.78. The van der Waals surface area contributed by atoms with Gasteiger partial charge >= 0.3 is 0 Å². The Balaban J connectivity index is 1.42. The summed E-state index contributed by atoms with van der Waals surface area (Å²) in [5.74, 6) is -1.10. The lowest BCUT2D eigenvalue weighted by Gasteiger charge is -2.36. The molecule has 1 aliphatic heterocycles. The van der Waals surface area contributed by atoms with Crippen LogP contribution in [-0.2, 0) is 11.2 Å². The number of H-pyrrole nitrogens is 1. The van der Waals surface area contributed by atoms with E-state index in [9.17, 15) is 13.6 Å². The van der Waals surface area contributed by atoms with Gasteiger partial charge in [-0.05, 0) is 23.8 Å². The lowest BCUT2D eigenvalue weighted by atomic mass is 10.1. The van der Waals surface area contributed by atoms with E-state index < -0.39 is 11.6 Å². The number of amides is 1. The molecule has 1 amide bonds. The van der Waals surface area contributed by atoms with Gasteiger partial charge in [0.25, 0.3) is 0 Å². The molecule has 134 valence electrons. The first-order valence-electron chi connectivity index (χ1n) is 8.65. The number of fused-ring (bicyclic) bond motifs is 1. The second-order valence-corrected chi connectivity index (χ2v) is 6.47. The molecule has 4 rings (SSSR count). The molecule has 6 heteroatoms. The van der Waals surface area contributed by atoms with E-state index in [2.05, 4.69) is 4.98 Å². The Morgan fingerprint density at radius 1 is 0.962 bits per heavy atom. The maximum absolute atomic E-state index is 13.9. The van der Waals surface area contributed by atoms with Gasteiger partial charge in [-0.15, -0.1) is 0 Å². The van der Waals surface area contributed by atoms with Gasteiger partial charge in [-0.3, -0.25) is 4.79 Å². The number of hydrogen-bond acceptors (Lipinski definition) is 2. The monoisotopic (exact) mass is 355 g/mol. The van der Waals surface area contributed by atoms with Crippen LogP contribution in [0.5, 0.6) is 0 Å². The molecule has 3 aromatic rings. The minimum Gasteiger partial charge on any atom is -0.363 e. The number of aromatic amines is 1. The van der Waals surface area contributed by atoms with E-state index in [1.165, 1.54) is 18.2 Å². The highest BCUT2D eigenvalue weighted by Crippen LogP contribution is 2.25. The van der Waals surface area contributed by atoms with Crippen LogP contribution in [-0.4, -0.2) is 42.0 Å². The van der Waals surface area contributed by atoms with Gasteiger partial charge < -0.3 is 14.8 Å².